The predicted molar refractivity (Wildman–Crippen MR) is 68.6 cm³/mol. The zero-order valence-electron chi connectivity index (χ0n) is 11.3. The molecule has 1 aliphatic heterocycles. The Labute approximate surface area is 112 Å². The first kappa shape index (κ1) is 14.0. The fraction of sp³-hybridized carbons (Fsp3) is 0.769. The number of carbonyl (C=O) groups is 1. The van der Waals surface area contributed by atoms with Crippen molar-refractivity contribution < 1.29 is 14.3 Å². The number of piperidine rings is 1. The molecule has 0 amide bonds. The van der Waals surface area contributed by atoms with Gasteiger partial charge in [-0.25, -0.2) is 0 Å². The smallest absolute Gasteiger partial charge is 0.303 e. The van der Waals surface area contributed by atoms with Gasteiger partial charge in [0.15, 0.2) is 0 Å². The van der Waals surface area contributed by atoms with E-state index in [0.29, 0.717) is 30.8 Å². The Hall–Kier alpha value is -1.43. The zero-order valence-corrected chi connectivity index (χ0v) is 11.3. The number of aliphatic carboxylic acids is 1. The van der Waals surface area contributed by atoms with Gasteiger partial charge in [-0.15, -0.1) is 10.2 Å². The Balaban J connectivity index is 1.89. The average molecular weight is 267 g/mol. The van der Waals surface area contributed by atoms with Crippen molar-refractivity contribution in [2.24, 2.45) is 0 Å². The van der Waals surface area contributed by atoms with Crippen molar-refractivity contribution >= 4 is 5.97 Å². The number of hydrogen-bond donors (Lipinski definition) is 1. The largest absolute Gasteiger partial charge is 0.481 e. The van der Waals surface area contributed by atoms with Gasteiger partial charge in [0.25, 0.3) is 0 Å². The molecule has 1 aromatic rings. The van der Waals surface area contributed by atoms with Crippen LogP contribution in [0.1, 0.15) is 50.8 Å². The molecule has 0 radical (unpaired) electrons. The van der Waals surface area contributed by atoms with E-state index < -0.39 is 5.97 Å². The highest BCUT2D eigenvalue weighted by atomic mass is 16.4. The van der Waals surface area contributed by atoms with Crippen LogP contribution in [-0.2, 0) is 17.8 Å². The fourth-order valence-corrected chi connectivity index (χ4v) is 2.57. The lowest BCUT2D eigenvalue weighted by Crippen LogP contribution is -2.38. The molecule has 1 aliphatic rings. The van der Waals surface area contributed by atoms with Gasteiger partial charge in [-0.2, -0.15) is 0 Å². The van der Waals surface area contributed by atoms with Crippen molar-refractivity contribution in [3.05, 3.63) is 11.8 Å². The number of carboxylic acids is 1. The molecule has 106 valence electrons. The molecular formula is C13H21N3O3. The van der Waals surface area contributed by atoms with Crippen LogP contribution < -0.4 is 0 Å². The maximum atomic E-state index is 10.5. The van der Waals surface area contributed by atoms with Gasteiger partial charge < -0.3 is 9.52 Å². The second kappa shape index (κ2) is 6.65. The summed E-state index contributed by atoms with van der Waals surface area (Å²) in [6.45, 7) is 3.96. The highest BCUT2D eigenvalue weighted by Gasteiger charge is 2.22. The summed E-state index contributed by atoms with van der Waals surface area (Å²) >= 11 is 0. The molecule has 1 atom stereocenters. The minimum atomic E-state index is -0.846. The van der Waals surface area contributed by atoms with Crippen LogP contribution in [0.2, 0.25) is 0 Å². The van der Waals surface area contributed by atoms with Gasteiger partial charge in [0, 0.05) is 12.5 Å². The number of likely N-dealkylation sites (tertiary alicyclic amines) is 1. The van der Waals surface area contributed by atoms with Crippen LogP contribution in [0.4, 0.5) is 0 Å². The Morgan fingerprint density at radius 1 is 1.42 bits per heavy atom. The van der Waals surface area contributed by atoms with E-state index in [4.69, 9.17) is 9.52 Å². The summed E-state index contributed by atoms with van der Waals surface area (Å²) in [7, 11) is 0. The second-order valence-electron chi connectivity index (χ2n) is 5.01. The van der Waals surface area contributed by atoms with Crippen LogP contribution in [0, 0.1) is 0 Å². The van der Waals surface area contributed by atoms with Crippen LogP contribution in [0.25, 0.3) is 0 Å². The number of hydrogen-bond acceptors (Lipinski definition) is 5. The first-order valence-corrected chi connectivity index (χ1v) is 6.96. The minimum Gasteiger partial charge on any atom is -0.481 e. The van der Waals surface area contributed by atoms with Crippen LogP contribution in [0.5, 0.6) is 0 Å². The predicted octanol–water partition coefficient (Wildman–Crippen LogP) is 1.85. The van der Waals surface area contributed by atoms with Crippen molar-refractivity contribution in [2.45, 2.75) is 58.0 Å². The zero-order chi connectivity index (χ0) is 13.7. The molecule has 0 bridgehead atoms. The van der Waals surface area contributed by atoms with Crippen molar-refractivity contribution in [1.82, 2.24) is 15.1 Å². The van der Waals surface area contributed by atoms with Gasteiger partial charge >= 0.3 is 5.97 Å². The van der Waals surface area contributed by atoms with Crippen LogP contribution in [0.3, 0.4) is 0 Å². The van der Waals surface area contributed by atoms with E-state index in [9.17, 15) is 4.79 Å². The van der Waals surface area contributed by atoms with E-state index in [1.807, 2.05) is 0 Å². The van der Waals surface area contributed by atoms with Crippen molar-refractivity contribution in [3.8, 4) is 0 Å². The number of rotatable bonds is 6. The molecule has 19 heavy (non-hydrogen) atoms. The molecule has 6 heteroatoms. The Morgan fingerprint density at radius 3 is 2.95 bits per heavy atom. The summed E-state index contributed by atoms with van der Waals surface area (Å²) in [6, 6.07) is 0.600. The van der Waals surface area contributed by atoms with Gasteiger partial charge in [-0.1, -0.05) is 13.3 Å². The summed E-state index contributed by atoms with van der Waals surface area (Å²) in [4.78, 5) is 12.9. The molecule has 6 nitrogen and oxygen atoms in total. The quantitative estimate of drug-likeness (QED) is 0.847. The summed E-state index contributed by atoms with van der Waals surface area (Å²) in [5, 5.41) is 16.5. The SMILES string of the molecule is CCC1CCCCN1Cc1nnc(CCC(=O)O)o1. The molecule has 1 saturated heterocycles. The van der Waals surface area contributed by atoms with E-state index in [-0.39, 0.29) is 6.42 Å². The number of nitrogens with zero attached hydrogens (tertiary/aromatic N) is 3. The van der Waals surface area contributed by atoms with Gasteiger partial charge in [-0.05, 0) is 25.8 Å². The molecule has 1 aromatic heterocycles. The van der Waals surface area contributed by atoms with Crippen LogP contribution in [-0.4, -0.2) is 38.8 Å². The van der Waals surface area contributed by atoms with E-state index in [1.165, 1.54) is 19.3 Å². The highest BCUT2D eigenvalue weighted by Crippen LogP contribution is 2.21. The fourth-order valence-electron chi connectivity index (χ4n) is 2.57. The number of carboxylic acid groups (broad SMARTS) is 1. The third kappa shape index (κ3) is 4.02. The van der Waals surface area contributed by atoms with Gasteiger partial charge in [0.2, 0.25) is 11.8 Å². The average Bonchev–Trinajstić information content (AvgIpc) is 2.85. The third-order valence-corrected chi connectivity index (χ3v) is 3.62. The first-order valence-electron chi connectivity index (χ1n) is 6.96. The summed E-state index contributed by atoms with van der Waals surface area (Å²) < 4.78 is 5.50. The molecule has 0 spiro atoms. The van der Waals surface area contributed by atoms with E-state index >= 15 is 0 Å². The Bertz CT molecular complexity index is 419. The monoisotopic (exact) mass is 267 g/mol. The second-order valence-corrected chi connectivity index (χ2v) is 5.01. The molecular weight excluding hydrogens is 246 g/mol. The van der Waals surface area contributed by atoms with Crippen molar-refractivity contribution in [2.75, 3.05) is 6.54 Å². The topological polar surface area (TPSA) is 79.5 Å². The Morgan fingerprint density at radius 2 is 2.21 bits per heavy atom. The standard InChI is InChI=1S/C13H21N3O3/c1-2-10-5-3-4-8-16(10)9-12-15-14-11(19-12)6-7-13(17)18/h10H,2-9H2,1H3,(H,17,18). The van der Waals surface area contributed by atoms with Gasteiger partial charge in [0.05, 0.1) is 13.0 Å². The van der Waals surface area contributed by atoms with Crippen molar-refractivity contribution in [1.29, 1.82) is 0 Å². The molecule has 1 unspecified atom stereocenters. The first-order chi connectivity index (χ1) is 9.19. The highest BCUT2D eigenvalue weighted by molar-refractivity contribution is 5.66. The maximum Gasteiger partial charge on any atom is 0.303 e. The third-order valence-electron chi connectivity index (χ3n) is 3.62. The molecule has 1 N–H and O–H groups in total. The lowest BCUT2D eigenvalue weighted by atomic mass is 10.0. The van der Waals surface area contributed by atoms with E-state index in [0.717, 1.165) is 13.0 Å². The van der Waals surface area contributed by atoms with E-state index in [1.54, 1.807) is 0 Å². The maximum absolute atomic E-state index is 10.5. The molecule has 0 aromatic carbocycles. The van der Waals surface area contributed by atoms with Crippen LogP contribution >= 0.6 is 0 Å². The summed E-state index contributed by atoms with van der Waals surface area (Å²) in [5.41, 5.74) is 0. The summed E-state index contributed by atoms with van der Waals surface area (Å²) in [6.07, 6.45) is 5.22. The Kier molecular flexibility index (Phi) is 4.90. The molecule has 1 fully saturated rings. The molecule has 2 rings (SSSR count). The molecule has 0 aliphatic carbocycles. The minimum absolute atomic E-state index is 0.0307. The van der Waals surface area contributed by atoms with E-state index in [2.05, 4.69) is 22.0 Å². The van der Waals surface area contributed by atoms with Crippen LogP contribution in [0.15, 0.2) is 4.42 Å². The lowest BCUT2D eigenvalue weighted by Gasteiger charge is -2.33. The summed E-state index contributed by atoms with van der Waals surface area (Å²) in [5.74, 6) is 0.171. The molecule has 0 saturated carbocycles. The molecule has 2 heterocycles. The normalized spacial score (nSPS) is 20.6. The van der Waals surface area contributed by atoms with Gasteiger partial charge in [-0.3, -0.25) is 9.69 Å². The van der Waals surface area contributed by atoms with Gasteiger partial charge in [0.1, 0.15) is 0 Å². The number of aryl methyl sites for hydroxylation is 1. The lowest BCUT2D eigenvalue weighted by molar-refractivity contribution is -0.137. The number of aromatic nitrogens is 2. The van der Waals surface area contributed by atoms with Crippen molar-refractivity contribution in [3.63, 3.8) is 0 Å².